The quantitative estimate of drug-likeness (QED) is 0.748. The SMILES string of the molecule is Cl.FC(F)(F)c1cccc2c1CO[C@@H]1CN(C3CCCC3)C[C@H]21. The predicted octanol–water partition coefficient (Wildman–Crippen LogP) is 4.37. The number of halogens is 4. The minimum Gasteiger partial charge on any atom is -0.371 e. The molecular weight excluding hydrogens is 327 g/mol. The van der Waals surface area contributed by atoms with Crippen molar-refractivity contribution in [2.75, 3.05) is 13.1 Å². The lowest BCUT2D eigenvalue weighted by atomic mass is 9.87. The van der Waals surface area contributed by atoms with Gasteiger partial charge in [0.25, 0.3) is 0 Å². The lowest BCUT2D eigenvalue weighted by molar-refractivity contribution is -0.139. The van der Waals surface area contributed by atoms with Gasteiger partial charge in [-0.2, -0.15) is 13.2 Å². The summed E-state index contributed by atoms with van der Waals surface area (Å²) in [5, 5.41) is 0. The third-order valence-corrected chi connectivity index (χ3v) is 5.49. The van der Waals surface area contributed by atoms with E-state index in [2.05, 4.69) is 4.90 Å². The van der Waals surface area contributed by atoms with Crippen LogP contribution in [0.4, 0.5) is 13.2 Å². The zero-order valence-electron chi connectivity index (χ0n) is 12.8. The van der Waals surface area contributed by atoms with Gasteiger partial charge in [0.2, 0.25) is 0 Å². The molecule has 1 saturated carbocycles. The Bertz CT molecular complexity index is 571. The maximum atomic E-state index is 13.2. The first-order valence-corrected chi connectivity index (χ1v) is 8.08. The van der Waals surface area contributed by atoms with Crippen molar-refractivity contribution < 1.29 is 17.9 Å². The molecule has 2 fully saturated rings. The first-order valence-electron chi connectivity index (χ1n) is 8.08. The van der Waals surface area contributed by atoms with Gasteiger partial charge in [0.15, 0.2) is 0 Å². The highest BCUT2D eigenvalue weighted by Crippen LogP contribution is 2.43. The Morgan fingerprint density at radius 2 is 1.83 bits per heavy atom. The third-order valence-electron chi connectivity index (χ3n) is 5.49. The molecule has 0 amide bonds. The van der Waals surface area contributed by atoms with Crippen LogP contribution >= 0.6 is 12.4 Å². The van der Waals surface area contributed by atoms with Crippen LogP contribution in [0.1, 0.15) is 48.3 Å². The van der Waals surface area contributed by atoms with Gasteiger partial charge in [-0.15, -0.1) is 12.4 Å². The first kappa shape index (κ1) is 17.1. The van der Waals surface area contributed by atoms with Crippen molar-refractivity contribution in [1.29, 1.82) is 0 Å². The highest BCUT2D eigenvalue weighted by Gasteiger charge is 2.44. The molecule has 2 aliphatic heterocycles. The predicted molar refractivity (Wildman–Crippen MR) is 83.8 cm³/mol. The molecule has 4 rings (SSSR count). The van der Waals surface area contributed by atoms with Gasteiger partial charge in [-0.3, -0.25) is 4.90 Å². The molecule has 2 heterocycles. The average molecular weight is 348 g/mol. The summed E-state index contributed by atoms with van der Waals surface area (Å²) in [5.41, 5.74) is 0.680. The van der Waals surface area contributed by atoms with E-state index in [1.54, 1.807) is 6.07 Å². The van der Waals surface area contributed by atoms with E-state index in [1.807, 2.05) is 6.07 Å². The number of fused-ring (bicyclic) bond motifs is 3. The zero-order valence-corrected chi connectivity index (χ0v) is 13.6. The number of benzene rings is 1. The standard InChI is InChI=1S/C17H20F3NO.ClH/c18-17(19,20)15-7-3-6-12-13-8-21(11-4-1-2-5-11)9-16(13)22-10-14(12)15;/h3,6-7,11,13,16H,1-2,4-5,8-10H2;1H/t13-,16-;/m1./s1. The van der Waals surface area contributed by atoms with Crippen LogP contribution < -0.4 is 0 Å². The average Bonchev–Trinajstić information content (AvgIpc) is 3.14. The van der Waals surface area contributed by atoms with Crippen molar-refractivity contribution in [2.45, 2.75) is 56.5 Å². The van der Waals surface area contributed by atoms with Gasteiger partial charge in [0.05, 0.1) is 18.3 Å². The summed E-state index contributed by atoms with van der Waals surface area (Å²) in [6.45, 7) is 1.79. The molecule has 23 heavy (non-hydrogen) atoms. The van der Waals surface area contributed by atoms with E-state index in [-0.39, 0.29) is 31.0 Å². The van der Waals surface area contributed by atoms with Gasteiger partial charge < -0.3 is 4.74 Å². The molecule has 0 bridgehead atoms. The van der Waals surface area contributed by atoms with E-state index >= 15 is 0 Å². The van der Waals surface area contributed by atoms with Crippen LogP contribution in [0, 0.1) is 0 Å². The molecule has 3 aliphatic rings. The number of alkyl halides is 3. The van der Waals surface area contributed by atoms with E-state index in [1.165, 1.54) is 31.7 Å². The van der Waals surface area contributed by atoms with Crippen LogP contribution in [0.3, 0.4) is 0 Å². The Balaban J connectivity index is 0.00000156. The van der Waals surface area contributed by atoms with Crippen LogP contribution in [-0.4, -0.2) is 30.1 Å². The summed E-state index contributed by atoms with van der Waals surface area (Å²) >= 11 is 0. The molecule has 1 aromatic carbocycles. The molecule has 1 saturated heterocycles. The number of nitrogens with zero attached hydrogens (tertiary/aromatic N) is 1. The van der Waals surface area contributed by atoms with Crippen LogP contribution in [-0.2, 0) is 17.5 Å². The molecule has 6 heteroatoms. The number of ether oxygens (including phenoxy) is 1. The molecule has 0 N–H and O–H groups in total. The van der Waals surface area contributed by atoms with E-state index in [0.29, 0.717) is 11.6 Å². The van der Waals surface area contributed by atoms with Gasteiger partial charge in [-0.05, 0) is 30.0 Å². The number of hydrogen-bond acceptors (Lipinski definition) is 2. The van der Waals surface area contributed by atoms with Crippen LogP contribution in [0.5, 0.6) is 0 Å². The Kier molecular flexibility index (Phi) is 4.64. The molecule has 2 nitrogen and oxygen atoms in total. The molecule has 2 atom stereocenters. The second-order valence-corrected chi connectivity index (χ2v) is 6.72. The summed E-state index contributed by atoms with van der Waals surface area (Å²) in [4.78, 5) is 2.44. The fourth-order valence-electron chi connectivity index (χ4n) is 4.41. The number of rotatable bonds is 1. The van der Waals surface area contributed by atoms with Crippen LogP contribution in [0.2, 0.25) is 0 Å². The second-order valence-electron chi connectivity index (χ2n) is 6.72. The topological polar surface area (TPSA) is 12.5 Å². The Hall–Kier alpha value is -0.780. The van der Waals surface area contributed by atoms with Crippen molar-refractivity contribution in [3.63, 3.8) is 0 Å². The molecular formula is C17H21ClF3NO. The smallest absolute Gasteiger partial charge is 0.371 e. The summed E-state index contributed by atoms with van der Waals surface area (Å²) in [6, 6.07) is 5.18. The van der Waals surface area contributed by atoms with Gasteiger partial charge >= 0.3 is 6.18 Å². The van der Waals surface area contributed by atoms with E-state index < -0.39 is 11.7 Å². The molecule has 0 radical (unpaired) electrons. The van der Waals surface area contributed by atoms with Gasteiger partial charge in [-0.1, -0.05) is 25.0 Å². The van der Waals surface area contributed by atoms with Gasteiger partial charge in [0, 0.05) is 25.0 Å². The summed E-state index contributed by atoms with van der Waals surface area (Å²) < 4.78 is 45.3. The van der Waals surface area contributed by atoms with Gasteiger partial charge in [0.1, 0.15) is 0 Å². The third kappa shape index (κ3) is 2.99. The van der Waals surface area contributed by atoms with Crippen molar-refractivity contribution >= 4 is 12.4 Å². The maximum absolute atomic E-state index is 13.2. The van der Waals surface area contributed by atoms with Gasteiger partial charge in [-0.25, -0.2) is 0 Å². The van der Waals surface area contributed by atoms with Crippen molar-refractivity contribution in [3.8, 4) is 0 Å². The molecule has 0 aromatic heterocycles. The monoisotopic (exact) mass is 347 g/mol. The fourth-order valence-corrected chi connectivity index (χ4v) is 4.41. The summed E-state index contributed by atoms with van der Waals surface area (Å²) in [6.07, 6.45) is 0.726. The normalized spacial score (nSPS) is 28.3. The molecule has 1 aliphatic carbocycles. The second kappa shape index (κ2) is 6.26. The number of likely N-dealkylation sites (tertiary alicyclic amines) is 1. The molecule has 128 valence electrons. The highest BCUT2D eigenvalue weighted by atomic mass is 35.5. The Morgan fingerprint density at radius 3 is 2.52 bits per heavy atom. The molecule has 0 spiro atoms. The van der Waals surface area contributed by atoms with E-state index in [4.69, 9.17) is 4.74 Å². The lowest BCUT2D eigenvalue weighted by Gasteiger charge is -2.29. The number of hydrogen-bond donors (Lipinski definition) is 0. The molecule has 1 aromatic rings. The summed E-state index contributed by atoms with van der Waals surface area (Å²) in [7, 11) is 0. The van der Waals surface area contributed by atoms with Crippen molar-refractivity contribution in [1.82, 2.24) is 4.90 Å². The van der Waals surface area contributed by atoms with Crippen LogP contribution in [0.15, 0.2) is 18.2 Å². The molecule has 0 unspecified atom stereocenters. The fraction of sp³-hybridized carbons (Fsp3) is 0.647. The first-order chi connectivity index (χ1) is 10.5. The Morgan fingerprint density at radius 1 is 1.09 bits per heavy atom. The van der Waals surface area contributed by atoms with Crippen LogP contribution in [0.25, 0.3) is 0 Å². The lowest BCUT2D eigenvalue weighted by Crippen LogP contribution is -2.32. The van der Waals surface area contributed by atoms with Crippen molar-refractivity contribution in [2.24, 2.45) is 0 Å². The highest BCUT2D eigenvalue weighted by molar-refractivity contribution is 5.85. The summed E-state index contributed by atoms with van der Waals surface area (Å²) in [5.74, 6) is 0.0895. The largest absolute Gasteiger partial charge is 0.416 e. The maximum Gasteiger partial charge on any atom is 0.416 e. The van der Waals surface area contributed by atoms with E-state index in [0.717, 1.165) is 18.7 Å². The Labute approximate surface area is 140 Å². The minimum atomic E-state index is -4.30. The zero-order chi connectivity index (χ0) is 15.3. The van der Waals surface area contributed by atoms with E-state index in [9.17, 15) is 13.2 Å². The minimum absolute atomic E-state index is 0. The van der Waals surface area contributed by atoms with Crippen molar-refractivity contribution in [3.05, 3.63) is 34.9 Å².